The molecule has 2 aromatic carbocycles. The van der Waals surface area contributed by atoms with Crippen molar-refractivity contribution in [1.82, 2.24) is 4.98 Å². The molecular weight excluding hydrogens is 436 g/mol. The van der Waals surface area contributed by atoms with Gasteiger partial charge in [-0.2, -0.15) is 0 Å². The molecule has 1 N–H and O–H groups in total. The molecular formula is C21H14ClF2NO4S. The van der Waals surface area contributed by atoms with Gasteiger partial charge >= 0.3 is 5.97 Å². The lowest BCUT2D eigenvalue weighted by Crippen LogP contribution is -2.18. The minimum Gasteiger partial charge on any atom is -0.478 e. The summed E-state index contributed by atoms with van der Waals surface area (Å²) in [6, 6.07) is 10.6. The number of rotatable bonds is 6. The molecule has 30 heavy (non-hydrogen) atoms. The molecule has 3 rings (SSSR count). The summed E-state index contributed by atoms with van der Waals surface area (Å²) in [6.07, 6.45) is 3.41. The van der Waals surface area contributed by atoms with E-state index in [1.165, 1.54) is 48.7 Å². The van der Waals surface area contributed by atoms with Crippen molar-refractivity contribution in [2.75, 3.05) is 0 Å². The molecule has 0 aliphatic carbocycles. The minimum atomic E-state index is -4.24. The number of carboxylic acid groups (broad SMARTS) is 1. The fraction of sp³-hybridized carbons (Fsp3) is 0.0476. The van der Waals surface area contributed by atoms with Crippen LogP contribution in [0, 0.1) is 11.6 Å². The zero-order valence-corrected chi connectivity index (χ0v) is 16.7. The molecule has 0 radical (unpaired) electrons. The normalized spacial score (nSPS) is 12.8. The Balaban J connectivity index is 2.16. The van der Waals surface area contributed by atoms with Crippen LogP contribution in [0.2, 0.25) is 5.02 Å². The number of hydrogen-bond donors (Lipinski definition) is 1. The van der Waals surface area contributed by atoms with Crippen LogP contribution < -0.4 is 0 Å². The molecule has 154 valence electrons. The van der Waals surface area contributed by atoms with Crippen LogP contribution >= 0.6 is 11.6 Å². The Hall–Kier alpha value is -3.10. The van der Waals surface area contributed by atoms with Crippen LogP contribution in [0.3, 0.4) is 0 Å². The van der Waals surface area contributed by atoms with Gasteiger partial charge in [-0.05, 0) is 60.2 Å². The number of aliphatic carboxylic acids is 1. The van der Waals surface area contributed by atoms with Crippen LogP contribution in [0.15, 0.2) is 71.8 Å². The number of carbonyl (C=O) groups is 1. The van der Waals surface area contributed by atoms with Crippen molar-refractivity contribution in [2.24, 2.45) is 0 Å². The van der Waals surface area contributed by atoms with Crippen LogP contribution in [-0.2, 0) is 14.6 Å². The fourth-order valence-corrected chi connectivity index (χ4v) is 4.69. The van der Waals surface area contributed by atoms with Gasteiger partial charge in [-0.1, -0.05) is 17.7 Å². The van der Waals surface area contributed by atoms with E-state index in [2.05, 4.69) is 4.98 Å². The number of carboxylic acids is 1. The molecule has 5 nitrogen and oxygen atoms in total. The van der Waals surface area contributed by atoms with Crippen LogP contribution in [0.4, 0.5) is 8.78 Å². The van der Waals surface area contributed by atoms with Gasteiger partial charge in [0.25, 0.3) is 0 Å². The Morgan fingerprint density at radius 3 is 2.37 bits per heavy atom. The highest BCUT2D eigenvalue weighted by atomic mass is 35.5. The van der Waals surface area contributed by atoms with Crippen molar-refractivity contribution >= 4 is 33.5 Å². The summed E-state index contributed by atoms with van der Waals surface area (Å²) in [6.45, 7) is 0. The maximum atomic E-state index is 14.5. The second kappa shape index (κ2) is 8.73. The van der Waals surface area contributed by atoms with Gasteiger partial charge in [0.2, 0.25) is 0 Å². The minimum absolute atomic E-state index is 0.0538. The molecule has 1 unspecified atom stereocenters. The molecule has 0 aliphatic rings. The topological polar surface area (TPSA) is 84.3 Å². The maximum absolute atomic E-state index is 14.5. The molecule has 0 amide bonds. The average molecular weight is 450 g/mol. The highest BCUT2D eigenvalue weighted by molar-refractivity contribution is 7.91. The second-order valence-electron chi connectivity index (χ2n) is 6.23. The smallest absolute Gasteiger partial charge is 0.328 e. The van der Waals surface area contributed by atoms with Gasteiger partial charge in [-0.15, -0.1) is 0 Å². The third-order valence-electron chi connectivity index (χ3n) is 4.19. The number of nitrogens with zero attached hydrogens (tertiary/aromatic N) is 1. The van der Waals surface area contributed by atoms with E-state index in [-0.39, 0.29) is 10.6 Å². The summed E-state index contributed by atoms with van der Waals surface area (Å²) in [5.41, 5.74) is -0.0586. The highest BCUT2D eigenvalue weighted by Crippen LogP contribution is 2.36. The van der Waals surface area contributed by atoms with E-state index in [0.717, 1.165) is 24.3 Å². The Morgan fingerprint density at radius 1 is 1.07 bits per heavy atom. The molecule has 0 bridgehead atoms. The third-order valence-corrected chi connectivity index (χ3v) is 6.49. The zero-order valence-electron chi connectivity index (χ0n) is 15.2. The number of aromatic nitrogens is 1. The largest absolute Gasteiger partial charge is 0.478 e. The predicted octanol–water partition coefficient (Wildman–Crippen LogP) is 4.67. The number of hydrogen-bond acceptors (Lipinski definition) is 4. The number of pyridine rings is 1. The quantitative estimate of drug-likeness (QED) is 0.552. The summed E-state index contributed by atoms with van der Waals surface area (Å²) < 4.78 is 55.1. The fourth-order valence-electron chi connectivity index (χ4n) is 2.80. The van der Waals surface area contributed by atoms with E-state index >= 15 is 0 Å². The molecule has 1 heterocycles. The molecule has 0 saturated carbocycles. The molecule has 1 atom stereocenters. The molecule has 3 aromatic rings. The predicted molar refractivity (Wildman–Crippen MR) is 108 cm³/mol. The molecule has 0 aliphatic heterocycles. The van der Waals surface area contributed by atoms with Crippen LogP contribution in [-0.4, -0.2) is 24.5 Å². The lowest BCUT2D eigenvalue weighted by molar-refractivity contribution is -0.131. The van der Waals surface area contributed by atoms with Crippen molar-refractivity contribution < 1.29 is 27.1 Å². The lowest BCUT2D eigenvalue weighted by Gasteiger charge is -2.19. The van der Waals surface area contributed by atoms with Gasteiger partial charge in [0.1, 0.15) is 16.9 Å². The Kier molecular flexibility index (Phi) is 6.28. The summed E-state index contributed by atoms with van der Waals surface area (Å²) in [7, 11) is -4.24. The lowest BCUT2D eigenvalue weighted by atomic mass is 10.1. The van der Waals surface area contributed by atoms with Crippen LogP contribution in [0.1, 0.15) is 22.1 Å². The molecule has 1 aromatic heterocycles. The van der Waals surface area contributed by atoms with Gasteiger partial charge in [0.15, 0.2) is 9.84 Å². The summed E-state index contributed by atoms with van der Waals surface area (Å²) >= 11 is 5.83. The molecule has 0 saturated heterocycles. The summed E-state index contributed by atoms with van der Waals surface area (Å²) in [5.74, 6) is -2.87. The van der Waals surface area contributed by atoms with Crippen molar-refractivity contribution in [3.8, 4) is 0 Å². The van der Waals surface area contributed by atoms with Gasteiger partial charge in [0, 0.05) is 22.9 Å². The zero-order chi connectivity index (χ0) is 21.9. The van der Waals surface area contributed by atoms with E-state index in [1.54, 1.807) is 0 Å². The molecule has 0 fully saturated rings. The number of halogens is 3. The molecule has 9 heteroatoms. The number of benzene rings is 2. The second-order valence-corrected chi connectivity index (χ2v) is 8.70. The molecule has 0 spiro atoms. The van der Waals surface area contributed by atoms with E-state index in [9.17, 15) is 22.0 Å². The van der Waals surface area contributed by atoms with Crippen molar-refractivity contribution in [1.29, 1.82) is 0 Å². The van der Waals surface area contributed by atoms with Gasteiger partial charge in [0.05, 0.1) is 10.6 Å². The van der Waals surface area contributed by atoms with E-state index < -0.39 is 38.3 Å². The summed E-state index contributed by atoms with van der Waals surface area (Å²) in [5, 5.41) is 7.38. The van der Waals surface area contributed by atoms with E-state index in [4.69, 9.17) is 16.7 Å². The van der Waals surface area contributed by atoms with Crippen LogP contribution in [0.5, 0.6) is 0 Å². The third kappa shape index (κ3) is 4.72. The van der Waals surface area contributed by atoms with Gasteiger partial charge in [-0.3, -0.25) is 4.98 Å². The van der Waals surface area contributed by atoms with Crippen molar-refractivity contribution in [2.45, 2.75) is 10.1 Å². The van der Waals surface area contributed by atoms with E-state index in [1.807, 2.05) is 0 Å². The SMILES string of the molecule is O=C(O)/C=C/c1ccc(C(c2cc(F)ccc2F)S(=O)(=O)c2ccc(Cl)cc2)nc1. The Bertz CT molecular complexity index is 1210. The Morgan fingerprint density at radius 2 is 1.77 bits per heavy atom. The first-order valence-corrected chi connectivity index (χ1v) is 10.4. The maximum Gasteiger partial charge on any atom is 0.328 e. The number of sulfone groups is 1. The van der Waals surface area contributed by atoms with Crippen LogP contribution in [0.25, 0.3) is 6.08 Å². The Labute approximate surface area is 176 Å². The van der Waals surface area contributed by atoms with E-state index in [0.29, 0.717) is 10.6 Å². The highest BCUT2D eigenvalue weighted by Gasteiger charge is 2.34. The van der Waals surface area contributed by atoms with Gasteiger partial charge < -0.3 is 5.11 Å². The standard InChI is InChI=1S/C21H14ClF2NO4S/c22-14-3-6-16(7-4-14)30(28,29)21(17-11-15(23)5-8-18(17)24)19-9-1-13(12-25-19)2-10-20(26)27/h1-12,21H,(H,26,27)/b10-2+. The first-order valence-electron chi connectivity index (χ1n) is 8.50. The monoisotopic (exact) mass is 449 g/mol. The van der Waals surface area contributed by atoms with Gasteiger partial charge in [-0.25, -0.2) is 22.0 Å². The van der Waals surface area contributed by atoms with Crippen molar-refractivity contribution in [3.63, 3.8) is 0 Å². The first-order chi connectivity index (χ1) is 14.2. The van der Waals surface area contributed by atoms with Crippen molar-refractivity contribution in [3.05, 3.63) is 100 Å². The average Bonchev–Trinajstić information content (AvgIpc) is 2.70. The summed E-state index contributed by atoms with van der Waals surface area (Å²) in [4.78, 5) is 14.6. The first kappa shape index (κ1) is 21.6.